The normalized spacial score (nSPS) is 19.1. The number of carbonyl (C=O) groups is 3. The monoisotopic (exact) mass is 516 g/mol. The number of morpholine rings is 1. The van der Waals surface area contributed by atoms with E-state index in [1.165, 1.54) is 12.4 Å². The average Bonchev–Trinajstić information content (AvgIpc) is 2.86. The molecule has 0 radical (unpaired) electrons. The summed E-state index contributed by atoms with van der Waals surface area (Å²) in [5.41, 5.74) is -0.463. The van der Waals surface area contributed by atoms with Crippen molar-refractivity contribution in [1.82, 2.24) is 25.1 Å². The molecule has 1 atom stereocenters. The summed E-state index contributed by atoms with van der Waals surface area (Å²) in [7, 11) is 0. The Bertz CT molecular complexity index is 1210. The first-order chi connectivity index (χ1) is 17.5. The van der Waals surface area contributed by atoms with Gasteiger partial charge in [-0.2, -0.15) is 0 Å². The van der Waals surface area contributed by atoms with E-state index in [1.54, 1.807) is 9.80 Å². The second-order valence-electron chi connectivity index (χ2n) is 9.15. The van der Waals surface area contributed by atoms with Crippen molar-refractivity contribution < 1.29 is 32.6 Å². The standard InChI is InChI=1S/C24H26F2N6O5/c1-14(31-6-7-32(24(2,3)13-31)23(35)18-9-28-20(33)12-36-18)22(34)30-19-10-29-21(11-27-19)37-17-5-4-15(25)8-16(17)26/h4-5,8,10-11,18H,1,6-7,9,12-13H2,2-3H3,(H,28,33)(H,27,30,34)/t18-/m0/s1. The quantitative estimate of drug-likeness (QED) is 0.553. The summed E-state index contributed by atoms with van der Waals surface area (Å²) in [5.74, 6) is -2.78. The Morgan fingerprint density at radius 3 is 2.65 bits per heavy atom. The smallest absolute Gasteiger partial charge is 0.272 e. The average molecular weight is 517 g/mol. The van der Waals surface area contributed by atoms with Crippen LogP contribution in [0, 0.1) is 11.6 Å². The van der Waals surface area contributed by atoms with Crippen molar-refractivity contribution in [3.8, 4) is 11.6 Å². The van der Waals surface area contributed by atoms with Gasteiger partial charge < -0.3 is 29.9 Å². The number of anilines is 1. The lowest BCUT2D eigenvalue weighted by molar-refractivity contribution is -0.157. The minimum Gasteiger partial charge on any atom is -0.434 e. The van der Waals surface area contributed by atoms with Crippen LogP contribution in [0.3, 0.4) is 0 Å². The number of halogens is 2. The lowest BCUT2D eigenvalue weighted by Crippen LogP contribution is -2.64. The van der Waals surface area contributed by atoms with Gasteiger partial charge in [0.1, 0.15) is 12.4 Å². The maximum atomic E-state index is 13.8. The molecule has 11 nitrogen and oxygen atoms in total. The van der Waals surface area contributed by atoms with Gasteiger partial charge in [-0.1, -0.05) is 6.58 Å². The van der Waals surface area contributed by atoms with Crippen LogP contribution in [-0.4, -0.2) is 81.9 Å². The highest BCUT2D eigenvalue weighted by molar-refractivity contribution is 6.02. The van der Waals surface area contributed by atoms with Crippen molar-refractivity contribution in [2.45, 2.75) is 25.5 Å². The first-order valence-corrected chi connectivity index (χ1v) is 11.4. The summed E-state index contributed by atoms with van der Waals surface area (Å²) in [6, 6.07) is 2.86. The molecule has 196 valence electrons. The number of carbonyl (C=O) groups excluding carboxylic acids is 3. The van der Waals surface area contributed by atoms with Crippen LogP contribution in [0.2, 0.25) is 0 Å². The van der Waals surface area contributed by atoms with Crippen LogP contribution in [0.25, 0.3) is 0 Å². The molecule has 3 heterocycles. The number of nitrogens with one attached hydrogen (secondary N) is 2. The first kappa shape index (κ1) is 25.9. The lowest BCUT2D eigenvalue weighted by atomic mass is 9.97. The number of aromatic nitrogens is 2. The molecule has 37 heavy (non-hydrogen) atoms. The van der Waals surface area contributed by atoms with E-state index >= 15 is 0 Å². The van der Waals surface area contributed by atoms with Crippen molar-refractivity contribution in [2.24, 2.45) is 0 Å². The van der Waals surface area contributed by atoms with Gasteiger partial charge >= 0.3 is 0 Å². The molecule has 2 saturated heterocycles. The molecule has 0 aliphatic carbocycles. The van der Waals surface area contributed by atoms with E-state index in [0.29, 0.717) is 25.7 Å². The largest absolute Gasteiger partial charge is 0.434 e. The predicted octanol–water partition coefficient (Wildman–Crippen LogP) is 1.44. The lowest BCUT2D eigenvalue weighted by Gasteiger charge is -2.49. The summed E-state index contributed by atoms with van der Waals surface area (Å²) in [6.07, 6.45) is 1.66. The molecule has 13 heteroatoms. The Labute approximate surface area is 211 Å². The third-order valence-corrected chi connectivity index (χ3v) is 5.97. The van der Waals surface area contributed by atoms with Gasteiger partial charge in [0.05, 0.1) is 30.2 Å². The van der Waals surface area contributed by atoms with Crippen LogP contribution in [-0.2, 0) is 19.1 Å². The predicted molar refractivity (Wildman–Crippen MR) is 126 cm³/mol. The molecule has 2 fully saturated rings. The van der Waals surface area contributed by atoms with Gasteiger partial charge in [-0.25, -0.2) is 18.7 Å². The van der Waals surface area contributed by atoms with Gasteiger partial charge in [-0.05, 0) is 26.0 Å². The summed E-state index contributed by atoms with van der Waals surface area (Å²) in [5, 5.41) is 5.22. The molecule has 2 aliphatic rings. The van der Waals surface area contributed by atoms with Crippen LogP contribution in [0.5, 0.6) is 11.6 Å². The Kier molecular flexibility index (Phi) is 7.34. The third-order valence-electron chi connectivity index (χ3n) is 5.97. The number of ether oxygens (including phenoxy) is 2. The fourth-order valence-corrected chi connectivity index (χ4v) is 4.06. The summed E-state index contributed by atoms with van der Waals surface area (Å²) < 4.78 is 37.4. The van der Waals surface area contributed by atoms with E-state index in [1.807, 2.05) is 13.8 Å². The molecule has 0 unspecified atom stereocenters. The van der Waals surface area contributed by atoms with E-state index in [0.717, 1.165) is 12.1 Å². The van der Waals surface area contributed by atoms with E-state index in [-0.39, 0.29) is 48.1 Å². The number of piperazine rings is 1. The Hall–Kier alpha value is -4.13. The number of hydrogen-bond donors (Lipinski definition) is 2. The fourth-order valence-electron chi connectivity index (χ4n) is 4.06. The van der Waals surface area contributed by atoms with Gasteiger partial charge in [0.25, 0.3) is 11.8 Å². The highest BCUT2D eigenvalue weighted by Gasteiger charge is 2.41. The maximum absolute atomic E-state index is 13.8. The zero-order chi connectivity index (χ0) is 26.7. The van der Waals surface area contributed by atoms with Gasteiger partial charge in [0.2, 0.25) is 11.8 Å². The highest BCUT2D eigenvalue weighted by Crippen LogP contribution is 2.26. The van der Waals surface area contributed by atoms with E-state index in [9.17, 15) is 23.2 Å². The third kappa shape index (κ3) is 6.00. The second kappa shape index (κ2) is 10.5. The van der Waals surface area contributed by atoms with E-state index in [2.05, 4.69) is 27.2 Å². The minimum atomic E-state index is -0.891. The van der Waals surface area contributed by atoms with Crippen LogP contribution >= 0.6 is 0 Å². The van der Waals surface area contributed by atoms with Crippen molar-refractivity contribution >= 4 is 23.5 Å². The highest BCUT2D eigenvalue weighted by atomic mass is 19.1. The summed E-state index contributed by atoms with van der Waals surface area (Å²) in [6.45, 7) is 8.63. The number of nitrogens with zero attached hydrogens (tertiary/aromatic N) is 4. The van der Waals surface area contributed by atoms with Crippen LogP contribution < -0.4 is 15.4 Å². The van der Waals surface area contributed by atoms with Crippen molar-refractivity contribution in [1.29, 1.82) is 0 Å². The number of hydrogen-bond acceptors (Lipinski definition) is 8. The second-order valence-corrected chi connectivity index (χ2v) is 9.15. The molecule has 4 rings (SSSR count). The molecule has 1 aromatic heterocycles. The van der Waals surface area contributed by atoms with Crippen molar-refractivity contribution in [2.75, 3.05) is 38.1 Å². The van der Waals surface area contributed by atoms with Crippen LogP contribution in [0.15, 0.2) is 42.9 Å². The van der Waals surface area contributed by atoms with Gasteiger partial charge in [0, 0.05) is 25.7 Å². The molecule has 2 N–H and O–H groups in total. The zero-order valence-electron chi connectivity index (χ0n) is 20.3. The summed E-state index contributed by atoms with van der Waals surface area (Å²) >= 11 is 0. The Morgan fingerprint density at radius 1 is 1.24 bits per heavy atom. The van der Waals surface area contributed by atoms with Gasteiger partial charge in [-0.3, -0.25) is 14.4 Å². The van der Waals surface area contributed by atoms with Gasteiger partial charge in [-0.15, -0.1) is 0 Å². The molecular formula is C24H26F2N6O5. The van der Waals surface area contributed by atoms with Crippen molar-refractivity contribution in [3.05, 3.63) is 54.5 Å². The molecule has 0 bridgehead atoms. The minimum absolute atomic E-state index is 0.0496. The summed E-state index contributed by atoms with van der Waals surface area (Å²) in [4.78, 5) is 48.5. The first-order valence-electron chi connectivity index (χ1n) is 11.4. The number of amides is 3. The molecule has 0 saturated carbocycles. The van der Waals surface area contributed by atoms with Crippen LogP contribution in [0.4, 0.5) is 14.6 Å². The van der Waals surface area contributed by atoms with E-state index in [4.69, 9.17) is 9.47 Å². The number of rotatable bonds is 6. The van der Waals surface area contributed by atoms with E-state index < -0.39 is 29.2 Å². The topological polar surface area (TPSA) is 126 Å². The zero-order valence-corrected chi connectivity index (χ0v) is 20.3. The molecule has 2 aromatic rings. The maximum Gasteiger partial charge on any atom is 0.272 e. The fraction of sp³-hybridized carbons (Fsp3) is 0.375. The number of benzene rings is 1. The molecule has 1 aromatic carbocycles. The molecule has 0 spiro atoms. The molecular weight excluding hydrogens is 490 g/mol. The van der Waals surface area contributed by atoms with Crippen LogP contribution in [0.1, 0.15) is 13.8 Å². The molecule has 2 aliphatic heterocycles. The SMILES string of the molecule is C=C(C(=O)Nc1cnc(Oc2ccc(F)cc2F)cn1)N1CCN(C(=O)[C@@H]2CNC(=O)CO2)C(C)(C)C1. The Morgan fingerprint density at radius 2 is 2.03 bits per heavy atom. The van der Waals surface area contributed by atoms with Crippen molar-refractivity contribution in [3.63, 3.8) is 0 Å². The van der Waals surface area contributed by atoms with Gasteiger partial charge in [0.15, 0.2) is 23.5 Å². The molecule has 3 amide bonds. The Balaban J connectivity index is 1.32.